The van der Waals surface area contributed by atoms with Crippen LogP contribution in [0, 0.1) is 0 Å². The molecule has 3 aromatic carbocycles. The molecule has 0 saturated carbocycles. The Morgan fingerprint density at radius 2 is 1.54 bits per heavy atom. The Morgan fingerprint density at radius 3 is 2.21 bits per heavy atom. The molecule has 144 valence electrons. The third-order valence-corrected chi connectivity index (χ3v) is 5.82. The van der Waals surface area contributed by atoms with E-state index in [-0.39, 0.29) is 11.8 Å². The van der Waals surface area contributed by atoms with Crippen LogP contribution in [0.25, 0.3) is 10.8 Å². The number of nitrogens with one attached hydrogen (secondary N) is 1. The van der Waals surface area contributed by atoms with Gasteiger partial charge in [-0.3, -0.25) is 4.79 Å². The molecule has 5 nitrogen and oxygen atoms in total. The summed E-state index contributed by atoms with van der Waals surface area (Å²) in [4.78, 5) is 12.6. The summed E-state index contributed by atoms with van der Waals surface area (Å²) in [6, 6.07) is 13.8. The molecule has 0 aromatic heterocycles. The Balaban J connectivity index is 1.97. The Labute approximate surface area is 171 Å². The monoisotopic (exact) mass is 441 g/mol. The summed E-state index contributed by atoms with van der Waals surface area (Å²) < 4.78 is 17.5. The minimum absolute atomic E-state index is 0.0261. The Kier molecular flexibility index (Phi) is 4.89. The van der Waals surface area contributed by atoms with E-state index in [1.807, 2.05) is 30.3 Å². The summed E-state index contributed by atoms with van der Waals surface area (Å²) in [6.07, 6.45) is 0.323. The number of hydrogen-bond acceptors (Lipinski definition) is 4. The minimum Gasteiger partial charge on any atom is -0.496 e. The number of amides is 1. The van der Waals surface area contributed by atoms with Crippen molar-refractivity contribution in [1.29, 1.82) is 0 Å². The van der Waals surface area contributed by atoms with Crippen LogP contribution in [0.5, 0.6) is 17.2 Å². The second kappa shape index (κ2) is 7.36. The van der Waals surface area contributed by atoms with E-state index >= 15 is 0 Å². The molecule has 0 fully saturated rings. The first-order valence-corrected chi connectivity index (χ1v) is 9.67. The van der Waals surface area contributed by atoms with Crippen LogP contribution < -0.4 is 19.5 Å². The highest BCUT2D eigenvalue weighted by molar-refractivity contribution is 9.10. The number of carbonyl (C=O) groups excluding carboxylic acids is 1. The highest BCUT2D eigenvalue weighted by atomic mass is 79.9. The molecule has 1 unspecified atom stereocenters. The number of anilines is 1. The van der Waals surface area contributed by atoms with Crippen molar-refractivity contribution in [1.82, 2.24) is 0 Å². The van der Waals surface area contributed by atoms with E-state index < -0.39 is 0 Å². The molecule has 0 saturated heterocycles. The van der Waals surface area contributed by atoms with E-state index in [0.29, 0.717) is 23.7 Å². The maximum atomic E-state index is 12.6. The van der Waals surface area contributed by atoms with Crippen LogP contribution in [0.3, 0.4) is 0 Å². The van der Waals surface area contributed by atoms with Crippen molar-refractivity contribution in [3.63, 3.8) is 0 Å². The lowest BCUT2D eigenvalue weighted by atomic mass is 9.82. The lowest BCUT2D eigenvalue weighted by Crippen LogP contribution is -2.24. The second-order valence-electron chi connectivity index (χ2n) is 6.62. The molecule has 0 aliphatic carbocycles. The molecule has 0 bridgehead atoms. The maximum absolute atomic E-state index is 12.6. The third kappa shape index (κ3) is 2.98. The lowest BCUT2D eigenvalue weighted by molar-refractivity contribution is -0.116. The predicted octanol–water partition coefficient (Wildman–Crippen LogP) is 5.10. The maximum Gasteiger partial charge on any atom is 0.225 e. The number of benzene rings is 3. The number of methoxy groups -OCH3 is 3. The molecule has 6 heteroatoms. The van der Waals surface area contributed by atoms with Gasteiger partial charge in [-0.05, 0) is 23.1 Å². The topological polar surface area (TPSA) is 56.8 Å². The lowest BCUT2D eigenvalue weighted by Gasteiger charge is -2.29. The van der Waals surface area contributed by atoms with Crippen LogP contribution in [0.4, 0.5) is 5.69 Å². The van der Waals surface area contributed by atoms with Gasteiger partial charge in [0.15, 0.2) is 11.5 Å². The zero-order chi connectivity index (χ0) is 19.8. The minimum atomic E-state index is -0.167. The smallest absolute Gasteiger partial charge is 0.225 e. The number of halogens is 1. The van der Waals surface area contributed by atoms with Gasteiger partial charge >= 0.3 is 0 Å². The summed E-state index contributed by atoms with van der Waals surface area (Å²) in [7, 11) is 4.80. The number of rotatable bonds is 4. The zero-order valence-electron chi connectivity index (χ0n) is 15.8. The van der Waals surface area contributed by atoms with Crippen LogP contribution in [0.2, 0.25) is 0 Å². The van der Waals surface area contributed by atoms with Crippen LogP contribution in [-0.2, 0) is 4.79 Å². The molecule has 4 rings (SSSR count). The second-order valence-corrected chi connectivity index (χ2v) is 7.48. The Hall–Kier alpha value is -2.73. The van der Waals surface area contributed by atoms with E-state index in [1.54, 1.807) is 27.4 Å². The standard InChI is InChI=1S/C22H20BrNO4/c1-26-18-11-20(28-3)19(27-2)9-15(18)14-10-21(25)24-22-13-7-5-4-6-12(13)17(23)8-16(14)22/h4-9,11,14H,10H2,1-3H3,(H,24,25). The average molecular weight is 442 g/mol. The molecule has 1 aliphatic rings. The highest BCUT2D eigenvalue weighted by Gasteiger charge is 2.31. The first kappa shape index (κ1) is 18.6. The molecule has 0 spiro atoms. The summed E-state index contributed by atoms with van der Waals surface area (Å²) in [5.74, 6) is 1.66. The number of carbonyl (C=O) groups is 1. The van der Waals surface area contributed by atoms with E-state index in [2.05, 4.69) is 27.3 Å². The molecule has 1 N–H and O–H groups in total. The first-order chi connectivity index (χ1) is 13.6. The van der Waals surface area contributed by atoms with Crippen molar-refractivity contribution < 1.29 is 19.0 Å². The van der Waals surface area contributed by atoms with Gasteiger partial charge in [0.2, 0.25) is 5.91 Å². The van der Waals surface area contributed by atoms with Crippen molar-refractivity contribution in [2.75, 3.05) is 26.6 Å². The van der Waals surface area contributed by atoms with E-state index in [0.717, 1.165) is 32.1 Å². The van der Waals surface area contributed by atoms with Gasteiger partial charge in [0.25, 0.3) is 0 Å². The largest absolute Gasteiger partial charge is 0.496 e. The van der Waals surface area contributed by atoms with E-state index in [1.165, 1.54) is 0 Å². The number of ether oxygens (including phenoxy) is 3. The van der Waals surface area contributed by atoms with Gasteiger partial charge in [0.05, 0.1) is 27.0 Å². The quantitative estimate of drug-likeness (QED) is 0.611. The fourth-order valence-corrected chi connectivity index (χ4v) is 4.45. The molecule has 1 aliphatic heterocycles. The summed E-state index contributed by atoms with van der Waals surface area (Å²) >= 11 is 3.69. The molecular formula is C22H20BrNO4. The summed E-state index contributed by atoms with van der Waals surface area (Å²) in [5, 5.41) is 5.12. The number of hydrogen-bond donors (Lipinski definition) is 1. The van der Waals surface area contributed by atoms with Gasteiger partial charge in [0.1, 0.15) is 5.75 Å². The van der Waals surface area contributed by atoms with Crippen molar-refractivity contribution in [3.05, 3.63) is 58.1 Å². The van der Waals surface area contributed by atoms with Crippen molar-refractivity contribution in [2.24, 2.45) is 0 Å². The number of fused-ring (bicyclic) bond motifs is 3. The SMILES string of the molecule is COc1cc(OC)c(C2CC(=O)Nc3c2cc(Br)c2ccccc32)cc1OC. The molecule has 3 aromatic rings. The van der Waals surface area contributed by atoms with Crippen LogP contribution in [-0.4, -0.2) is 27.2 Å². The van der Waals surface area contributed by atoms with Crippen LogP contribution in [0.15, 0.2) is 46.9 Å². The van der Waals surface area contributed by atoms with Crippen molar-refractivity contribution in [3.8, 4) is 17.2 Å². The van der Waals surface area contributed by atoms with Gasteiger partial charge < -0.3 is 19.5 Å². The Morgan fingerprint density at radius 1 is 0.893 bits per heavy atom. The third-order valence-electron chi connectivity index (χ3n) is 5.17. The predicted molar refractivity (Wildman–Crippen MR) is 113 cm³/mol. The van der Waals surface area contributed by atoms with Crippen LogP contribution in [0.1, 0.15) is 23.5 Å². The fourth-order valence-electron chi connectivity index (χ4n) is 3.85. The Bertz CT molecular complexity index is 1080. The fraction of sp³-hybridized carbons (Fsp3) is 0.227. The van der Waals surface area contributed by atoms with Gasteiger partial charge in [-0.2, -0.15) is 0 Å². The summed E-state index contributed by atoms with van der Waals surface area (Å²) in [6.45, 7) is 0. The van der Waals surface area contributed by atoms with Gasteiger partial charge in [-0.1, -0.05) is 40.2 Å². The van der Waals surface area contributed by atoms with E-state index in [9.17, 15) is 4.79 Å². The molecule has 1 atom stereocenters. The normalized spacial score (nSPS) is 15.7. The summed E-state index contributed by atoms with van der Waals surface area (Å²) in [5.41, 5.74) is 2.77. The van der Waals surface area contributed by atoms with Gasteiger partial charge in [-0.15, -0.1) is 0 Å². The molecule has 28 heavy (non-hydrogen) atoms. The highest BCUT2D eigenvalue weighted by Crippen LogP contribution is 2.47. The van der Waals surface area contributed by atoms with Gasteiger partial charge in [-0.25, -0.2) is 0 Å². The molecule has 1 heterocycles. The van der Waals surface area contributed by atoms with Crippen molar-refractivity contribution in [2.45, 2.75) is 12.3 Å². The average Bonchev–Trinajstić information content (AvgIpc) is 2.73. The van der Waals surface area contributed by atoms with Crippen LogP contribution >= 0.6 is 15.9 Å². The zero-order valence-corrected chi connectivity index (χ0v) is 17.4. The molecule has 1 amide bonds. The first-order valence-electron chi connectivity index (χ1n) is 8.88. The van der Waals surface area contributed by atoms with E-state index in [4.69, 9.17) is 14.2 Å². The van der Waals surface area contributed by atoms with Crippen molar-refractivity contribution >= 4 is 38.3 Å². The molecule has 0 radical (unpaired) electrons. The molecular weight excluding hydrogens is 422 g/mol. The van der Waals surface area contributed by atoms with Gasteiger partial charge in [0, 0.05) is 33.8 Å².